The molecule has 2 aromatic rings. The van der Waals surface area contributed by atoms with Crippen molar-refractivity contribution in [2.75, 3.05) is 5.32 Å². The number of rotatable bonds is 4. The third-order valence-electron chi connectivity index (χ3n) is 2.63. The van der Waals surface area contributed by atoms with E-state index in [0.717, 1.165) is 6.20 Å². The molecule has 10 heteroatoms. The van der Waals surface area contributed by atoms with Crippen molar-refractivity contribution in [3.63, 3.8) is 0 Å². The maximum Gasteiger partial charge on any atom is 0.337 e. The summed E-state index contributed by atoms with van der Waals surface area (Å²) in [5, 5.41) is 11.4. The molecular weight excluding hydrogens is 346 g/mol. The lowest BCUT2D eigenvalue weighted by Gasteiger charge is -2.10. The maximum atomic E-state index is 12.0. The van der Waals surface area contributed by atoms with Crippen LogP contribution >= 0.6 is 11.6 Å². The second kappa shape index (κ2) is 6.63. The molecule has 23 heavy (non-hydrogen) atoms. The third-order valence-corrected chi connectivity index (χ3v) is 4.18. The molecule has 3 N–H and O–H groups in total. The van der Waals surface area contributed by atoms with Crippen molar-refractivity contribution in [1.29, 1.82) is 0 Å². The molecule has 2 amide bonds. The first kappa shape index (κ1) is 16.7. The zero-order valence-corrected chi connectivity index (χ0v) is 12.9. The zero-order valence-electron chi connectivity index (χ0n) is 11.4. The van der Waals surface area contributed by atoms with E-state index in [1.54, 1.807) is 4.72 Å². The Labute approximate surface area is 136 Å². The van der Waals surface area contributed by atoms with Gasteiger partial charge in [-0.15, -0.1) is 0 Å². The summed E-state index contributed by atoms with van der Waals surface area (Å²) in [7, 11) is -4.13. The van der Waals surface area contributed by atoms with Crippen LogP contribution in [-0.4, -0.2) is 30.5 Å². The first-order chi connectivity index (χ1) is 10.8. The van der Waals surface area contributed by atoms with E-state index in [4.69, 9.17) is 16.7 Å². The summed E-state index contributed by atoms with van der Waals surface area (Å²) in [6.45, 7) is 0. The van der Waals surface area contributed by atoms with E-state index in [1.165, 1.54) is 36.5 Å². The van der Waals surface area contributed by atoms with Crippen molar-refractivity contribution in [1.82, 2.24) is 9.71 Å². The molecule has 2 rings (SSSR count). The van der Waals surface area contributed by atoms with E-state index in [0.29, 0.717) is 0 Å². The molecule has 0 aliphatic rings. The molecule has 0 aliphatic heterocycles. The molecular formula is C13H10ClN3O5S. The molecule has 1 aromatic heterocycles. The number of halogens is 1. The van der Waals surface area contributed by atoms with Crippen molar-refractivity contribution in [3.8, 4) is 0 Å². The maximum absolute atomic E-state index is 12.0. The van der Waals surface area contributed by atoms with Gasteiger partial charge in [0.1, 0.15) is 4.90 Å². The van der Waals surface area contributed by atoms with E-state index < -0.39 is 22.0 Å². The lowest BCUT2D eigenvalue weighted by atomic mass is 10.2. The van der Waals surface area contributed by atoms with Gasteiger partial charge >= 0.3 is 12.0 Å². The lowest BCUT2D eigenvalue weighted by Crippen LogP contribution is -2.34. The number of nitrogens with one attached hydrogen (secondary N) is 2. The summed E-state index contributed by atoms with van der Waals surface area (Å²) in [5.41, 5.74) is -0.368. The average Bonchev–Trinajstić information content (AvgIpc) is 2.47. The number of carbonyl (C=O) groups excluding carboxylic acids is 1. The molecule has 1 heterocycles. The number of hydrogen-bond acceptors (Lipinski definition) is 5. The predicted molar refractivity (Wildman–Crippen MR) is 82.0 cm³/mol. The molecule has 0 spiro atoms. The topological polar surface area (TPSA) is 125 Å². The Hall–Kier alpha value is -2.65. The molecule has 0 unspecified atom stereocenters. The molecule has 0 radical (unpaired) electrons. The molecule has 0 aliphatic carbocycles. The minimum absolute atomic E-state index is 0.135. The van der Waals surface area contributed by atoms with E-state index in [1.807, 2.05) is 0 Å². The van der Waals surface area contributed by atoms with Crippen LogP contribution in [-0.2, 0) is 10.0 Å². The summed E-state index contributed by atoms with van der Waals surface area (Å²) >= 11 is 5.74. The van der Waals surface area contributed by atoms with Crippen molar-refractivity contribution >= 4 is 39.3 Å². The number of carbonyl (C=O) groups is 2. The van der Waals surface area contributed by atoms with Crippen LogP contribution in [0.25, 0.3) is 0 Å². The number of benzene rings is 1. The molecule has 120 valence electrons. The van der Waals surface area contributed by atoms with Crippen molar-refractivity contribution in [2.24, 2.45) is 0 Å². The molecule has 1 aromatic carbocycles. The number of sulfonamides is 1. The number of urea groups is 1. The van der Waals surface area contributed by atoms with Gasteiger partial charge in [-0.05, 0) is 30.3 Å². The Morgan fingerprint density at radius 3 is 2.57 bits per heavy atom. The Morgan fingerprint density at radius 1 is 1.22 bits per heavy atom. The van der Waals surface area contributed by atoms with Gasteiger partial charge in [0.05, 0.1) is 11.3 Å². The normalized spacial score (nSPS) is 10.8. The fourth-order valence-corrected chi connectivity index (χ4v) is 2.68. The smallest absolute Gasteiger partial charge is 0.337 e. The van der Waals surface area contributed by atoms with Crippen LogP contribution in [0.4, 0.5) is 10.5 Å². The Bertz CT molecular complexity index is 855. The van der Waals surface area contributed by atoms with Gasteiger partial charge in [0.25, 0.3) is 10.0 Å². The number of aromatic nitrogens is 1. The average molecular weight is 356 g/mol. The summed E-state index contributed by atoms with van der Waals surface area (Å²) in [4.78, 5) is 26.3. The number of anilines is 1. The van der Waals surface area contributed by atoms with Gasteiger partial charge in [0, 0.05) is 17.4 Å². The number of hydrogen-bond donors (Lipinski definition) is 3. The Balaban J connectivity index is 2.21. The Morgan fingerprint density at radius 2 is 1.96 bits per heavy atom. The van der Waals surface area contributed by atoms with Crippen molar-refractivity contribution in [2.45, 2.75) is 4.90 Å². The van der Waals surface area contributed by atoms with Crippen LogP contribution in [0.1, 0.15) is 10.4 Å². The van der Waals surface area contributed by atoms with Crippen LogP contribution in [0.15, 0.2) is 47.6 Å². The van der Waals surface area contributed by atoms with E-state index in [9.17, 15) is 18.0 Å². The largest absolute Gasteiger partial charge is 0.478 e. The predicted octanol–water partition coefficient (Wildman–Crippen LogP) is 1.94. The number of pyridine rings is 1. The van der Waals surface area contributed by atoms with Crippen molar-refractivity contribution < 1.29 is 23.1 Å². The summed E-state index contributed by atoms with van der Waals surface area (Å²) in [6, 6.07) is 5.24. The van der Waals surface area contributed by atoms with E-state index in [2.05, 4.69) is 10.3 Å². The number of amides is 2. The fraction of sp³-hybridized carbons (Fsp3) is 0. The first-order valence-electron chi connectivity index (χ1n) is 6.06. The SMILES string of the molecule is O=C(Nc1cc(Cl)ccc1C(=O)O)NS(=O)(=O)c1cccnc1. The zero-order chi connectivity index (χ0) is 17.0. The molecule has 8 nitrogen and oxygen atoms in total. The van der Waals surface area contributed by atoms with Gasteiger partial charge in [-0.25, -0.2) is 22.7 Å². The minimum atomic E-state index is -4.13. The second-order valence-corrected chi connectivity index (χ2v) is 6.36. The first-order valence-corrected chi connectivity index (χ1v) is 7.92. The van der Waals surface area contributed by atoms with Crippen molar-refractivity contribution in [3.05, 3.63) is 53.3 Å². The summed E-state index contributed by atoms with van der Waals surface area (Å²) in [6.07, 6.45) is 2.45. The van der Waals surface area contributed by atoms with Gasteiger partial charge in [0.2, 0.25) is 0 Å². The number of carboxylic acid groups (broad SMARTS) is 1. The fourth-order valence-electron chi connectivity index (χ4n) is 1.64. The standard InChI is InChI=1S/C13H10ClN3O5S/c14-8-3-4-10(12(18)19)11(6-8)16-13(20)17-23(21,22)9-2-1-5-15-7-9/h1-7H,(H,18,19)(H2,16,17,20). The highest BCUT2D eigenvalue weighted by atomic mass is 35.5. The van der Waals surface area contributed by atoms with Crippen LogP contribution in [0, 0.1) is 0 Å². The van der Waals surface area contributed by atoms with Gasteiger partial charge in [-0.3, -0.25) is 4.98 Å². The van der Waals surface area contributed by atoms with Crippen LogP contribution < -0.4 is 10.0 Å². The highest BCUT2D eigenvalue weighted by Gasteiger charge is 2.19. The minimum Gasteiger partial charge on any atom is -0.478 e. The highest BCUT2D eigenvalue weighted by molar-refractivity contribution is 7.90. The Kier molecular flexibility index (Phi) is 4.82. The van der Waals surface area contributed by atoms with Gasteiger partial charge in [-0.2, -0.15) is 0 Å². The van der Waals surface area contributed by atoms with Gasteiger partial charge in [0.15, 0.2) is 0 Å². The quantitative estimate of drug-likeness (QED) is 0.769. The lowest BCUT2D eigenvalue weighted by molar-refractivity contribution is 0.0698. The molecule has 0 saturated heterocycles. The summed E-state index contributed by atoms with van der Waals surface area (Å²) in [5.74, 6) is -1.30. The number of aromatic carboxylic acids is 1. The van der Waals surface area contributed by atoms with Crippen LogP contribution in [0.3, 0.4) is 0 Å². The molecule has 0 saturated carbocycles. The molecule has 0 bridgehead atoms. The van der Waals surface area contributed by atoms with Gasteiger partial charge in [-0.1, -0.05) is 11.6 Å². The highest BCUT2D eigenvalue weighted by Crippen LogP contribution is 2.21. The van der Waals surface area contributed by atoms with Gasteiger partial charge < -0.3 is 10.4 Å². The monoisotopic (exact) mass is 355 g/mol. The molecule has 0 fully saturated rings. The van der Waals surface area contributed by atoms with Crippen LogP contribution in [0.5, 0.6) is 0 Å². The van der Waals surface area contributed by atoms with E-state index >= 15 is 0 Å². The number of nitrogens with zero attached hydrogens (tertiary/aromatic N) is 1. The summed E-state index contributed by atoms with van der Waals surface area (Å²) < 4.78 is 25.7. The number of carboxylic acids is 1. The van der Waals surface area contributed by atoms with E-state index in [-0.39, 0.29) is 21.2 Å². The second-order valence-electron chi connectivity index (χ2n) is 4.24. The molecule has 0 atom stereocenters. The third kappa shape index (κ3) is 4.18. The van der Waals surface area contributed by atoms with Crippen LogP contribution in [0.2, 0.25) is 5.02 Å².